The van der Waals surface area contributed by atoms with Crippen LogP contribution in [0.4, 0.5) is 0 Å². The molecule has 3 rings (SSSR count). The second-order valence-corrected chi connectivity index (χ2v) is 7.56. The zero-order valence-electron chi connectivity index (χ0n) is 14.0. The molecule has 0 aliphatic carbocycles. The van der Waals surface area contributed by atoms with Crippen molar-refractivity contribution in [1.29, 1.82) is 5.26 Å². The molecule has 0 N–H and O–H groups in total. The number of fused-ring (bicyclic) bond motifs is 1. The SMILES string of the molecule is COc1cc2c(cc1OC)S(=O)(=O)N(Cc1ccccc1)C(C#N)C2. The van der Waals surface area contributed by atoms with Crippen molar-refractivity contribution in [2.75, 3.05) is 14.2 Å². The normalized spacial score (nSPS) is 18.8. The molecule has 25 heavy (non-hydrogen) atoms. The van der Waals surface area contributed by atoms with E-state index >= 15 is 0 Å². The van der Waals surface area contributed by atoms with Crippen LogP contribution in [-0.2, 0) is 23.0 Å². The highest BCUT2D eigenvalue weighted by atomic mass is 32.2. The molecule has 2 aromatic rings. The zero-order chi connectivity index (χ0) is 18.0. The minimum atomic E-state index is -3.82. The number of sulfonamides is 1. The highest BCUT2D eigenvalue weighted by Gasteiger charge is 2.39. The molecule has 2 aromatic carbocycles. The summed E-state index contributed by atoms with van der Waals surface area (Å²) >= 11 is 0. The number of benzene rings is 2. The first kappa shape index (κ1) is 17.3. The monoisotopic (exact) mass is 358 g/mol. The van der Waals surface area contributed by atoms with E-state index in [1.165, 1.54) is 24.6 Å². The Morgan fingerprint density at radius 1 is 1.16 bits per heavy atom. The molecule has 0 fully saturated rings. The third-order valence-electron chi connectivity index (χ3n) is 4.24. The van der Waals surface area contributed by atoms with E-state index in [9.17, 15) is 13.7 Å². The van der Waals surface area contributed by atoms with Gasteiger partial charge < -0.3 is 9.47 Å². The third kappa shape index (κ3) is 3.06. The Bertz CT molecular complexity index is 920. The number of rotatable bonds is 4. The standard InChI is InChI=1S/C18H18N2O4S/c1-23-16-9-14-8-15(11-19)20(12-13-6-4-3-5-7-13)25(21,22)18(14)10-17(16)24-2/h3-7,9-10,15H,8,12H2,1-2H3. The van der Waals surface area contributed by atoms with Gasteiger partial charge in [-0.3, -0.25) is 0 Å². The van der Waals surface area contributed by atoms with Crippen LogP contribution in [0.2, 0.25) is 0 Å². The first-order valence-electron chi connectivity index (χ1n) is 7.71. The Hall–Kier alpha value is -2.56. The van der Waals surface area contributed by atoms with Gasteiger partial charge in [0.1, 0.15) is 6.04 Å². The van der Waals surface area contributed by atoms with Gasteiger partial charge in [-0.2, -0.15) is 9.57 Å². The average molecular weight is 358 g/mol. The summed E-state index contributed by atoms with van der Waals surface area (Å²) < 4.78 is 38.0. The fourth-order valence-corrected chi connectivity index (χ4v) is 4.73. The summed E-state index contributed by atoms with van der Waals surface area (Å²) in [6.45, 7) is 0.148. The van der Waals surface area contributed by atoms with Crippen LogP contribution < -0.4 is 9.47 Å². The van der Waals surface area contributed by atoms with Gasteiger partial charge in [0.25, 0.3) is 0 Å². The molecule has 1 aliphatic rings. The maximum atomic E-state index is 13.1. The Morgan fingerprint density at radius 2 is 1.80 bits per heavy atom. The van der Waals surface area contributed by atoms with Crippen LogP contribution in [0.3, 0.4) is 0 Å². The number of nitriles is 1. The van der Waals surface area contributed by atoms with Gasteiger partial charge in [-0.25, -0.2) is 8.42 Å². The van der Waals surface area contributed by atoms with E-state index in [1.807, 2.05) is 30.3 Å². The van der Waals surface area contributed by atoms with Crippen molar-refractivity contribution < 1.29 is 17.9 Å². The number of nitrogens with zero attached hydrogens (tertiary/aromatic N) is 2. The summed E-state index contributed by atoms with van der Waals surface area (Å²) in [4.78, 5) is 0.160. The molecule has 0 amide bonds. The lowest BCUT2D eigenvalue weighted by Gasteiger charge is -2.32. The second kappa shape index (κ2) is 6.75. The molecule has 130 valence electrons. The van der Waals surface area contributed by atoms with Crippen molar-refractivity contribution in [2.45, 2.75) is 23.9 Å². The summed E-state index contributed by atoms with van der Waals surface area (Å²) in [7, 11) is -0.876. The molecule has 0 saturated heterocycles. The van der Waals surface area contributed by atoms with Gasteiger partial charge in [-0.1, -0.05) is 30.3 Å². The molecule has 1 unspecified atom stereocenters. The van der Waals surface area contributed by atoms with E-state index in [0.29, 0.717) is 23.5 Å². The predicted octanol–water partition coefficient (Wildman–Crippen LogP) is 2.34. The van der Waals surface area contributed by atoms with Crippen LogP contribution in [0.25, 0.3) is 0 Å². The summed E-state index contributed by atoms with van der Waals surface area (Å²) in [5.74, 6) is 0.796. The molecule has 7 heteroatoms. The quantitative estimate of drug-likeness (QED) is 0.838. The van der Waals surface area contributed by atoms with E-state index in [2.05, 4.69) is 6.07 Å². The van der Waals surface area contributed by atoms with Gasteiger partial charge in [-0.05, 0) is 17.2 Å². The van der Waals surface area contributed by atoms with E-state index in [4.69, 9.17) is 9.47 Å². The van der Waals surface area contributed by atoms with Crippen LogP contribution in [0, 0.1) is 11.3 Å². The van der Waals surface area contributed by atoms with E-state index < -0.39 is 16.1 Å². The number of methoxy groups -OCH3 is 2. The van der Waals surface area contributed by atoms with E-state index in [0.717, 1.165) is 5.56 Å². The number of hydrogen-bond donors (Lipinski definition) is 0. The minimum Gasteiger partial charge on any atom is -0.493 e. The maximum Gasteiger partial charge on any atom is 0.245 e. The van der Waals surface area contributed by atoms with Gasteiger partial charge in [-0.15, -0.1) is 0 Å². The zero-order valence-corrected chi connectivity index (χ0v) is 14.8. The highest BCUT2D eigenvalue weighted by molar-refractivity contribution is 7.89. The summed E-state index contributed by atoms with van der Waals surface area (Å²) in [6, 6.07) is 13.7. The van der Waals surface area contributed by atoms with Crippen molar-refractivity contribution >= 4 is 10.0 Å². The van der Waals surface area contributed by atoms with Gasteiger partial charge in [0.15, 0.2) is 11.5 Å². The van der Waals surface area contributed by atoms with Crippen LogP contribution in [0.15, 0.2) is 47.4 Å². The van der Waals surface area contributed by atoms with Crippen LogP contribution in [0.1, 0.15) is 11.1 Å². The largest absolute Gasteiger partial charge is 0.493 e. The van der Waals surface area contributed by atoms with Crippen LogP contribution >= 0.6 is 0 Å². The van der Waals surface area contributed by atoms with Crippen molar-refractivity contribution in [3.8, 4) is 17.6 Å². The lowest BCUT2D eigenvalue weighted by Crippen LogP contribution is -2.44. The highest BCUT2D eigenvalue weighted by Crippen LogP contribution is 2.38. The fourth-order valence-electron chi connectivity index (χ4n) is 2.97. The van der Waals surface area contributed by atoms with Gasteiger partial charge in [0, 0.05) is 19.0 Å². The second-order valence-electron chi connectivity index (χ2n) is 5.70. The van der Waals surface area contributed by atoms with E-state index in [1.54, 1.807) is 6.07 Å². The Balaban J connectivity index is 2.10. The Kier molecular flexibility index (Phi) is 4.66. The molecular formula is C18H18N2O4S. The van der Waals surface area contributed by atoms with Crippen molar-refractivity contribution in [3.63, 3.8) is 0 Å². The molecule has 0 spiro atoms. The first-order valence-corrected chi connectivity index (χ1v) is 9.15. The summed E-state index contributed by atoms with van der Waals surface area (Å²) in [5, 5.41) is 9.51. The molecular weight excluding hydrogens is 340 g/mol. The molecule has 1 atom stereocenters. The molecule has 1 heterocycles. The molecule has 0 bridgehead atoms. The van der Waals surface area contributed by atoms with Gasteiger partial charge in [0.2, 0.25) is 10.0 Å². The summed E-state index contributed by atoms with van der Waals surface area (Å²) in [6.07, 6.45) is 0.304. The van der Waals surface area contributed by atoms with Gasteiger partial charge in [0.05, 0.1) is 25.2 Å². The molecule has 0 aromatic heterocycles. The molecule has 1 aliphatic heterocycles. The Labute approximate surface area is 147 Å². The van der Waals surface area contributed by atoms with Crippen molar-refractivity contribution in [3.05, 3.63) is 53.6 Å². The van der Waals surface area contributed by atoms with Crippen LogP contribution in [-0.4, -0.2) is 33.0 Å². The molecule has 6 nitrogen and oxygen atoms in total. The summed E-state index contributed by atoms with van der Waals surface area (Å²) in [5.41, 5.74) is 1.39. The Morgan fingerprint density at radius 3 is 2.40 bits per heavy atom. The van der Waals surface area contributed by atoms with Crippen molar-refractivity contribution in [2.24, 2.45) is 0 Å². The molecule has 0 radical (unpaired) electrons. The number of hydrogen-bond acceptors (Lipinski definition) is 5. The average Bonchev–Trinajstić information content (AvgIpc) is 2.63. The smallest absolute Gasteiger partial charge is 0.245 e. The minimum absolute atomic E-state index is 0.148. The topological polar surface area (TPSA) is 79.6 Å². The first-order chi connectivity index (χ1) is 12.0. The predicted molar refractivity (Wildman–Crippen MR) is 91.8 cm³/mol. The fraction of sp³-hybridized carbons (Fsp3) is 0.278. The molecule has 0 saturated carbocycles. The van der Waals surface area contributed by atoms with Gasteiger partial charge >= 0.3 is 0 Å². The van der Waals surface area contributed by atoms with Crippen LogP contribution in [0.5, 0.6) is 11.5 Å². The van der Waals surface area contributed by atoms with Crippen molar-refractivity contribution in [1.82, 2.24) is 4.31 Å². The third-order valence-corrected chi connectivity index (χ3v) is 6.18. The maximum absolute atomic E-state index is 13.1. The van der Waals surface area contributed by atoms with E-state index in [-0.39, 0.29) is 11.4 Å². The number of ether oxygens (including phenoxy) is 2. The lowest BCUT2D eigenvalue weighted by molar-refractivity contribution is 0.336. The lowest BCUT2D eigenvalue weighted by atomic mass is 10.0.